The molecule has 0 unspecified atom stereocenters. The molecule has 0 radical (unpaired) electrons. The minimum atomic E-state index is -4.01. The number of ether oxygens (including phenoxy) is 1. The number of hydrogen-bond acceptors (Lipinski definition) is 6. The molecular weight excluding hydrogens is 236 g/mol. The maximum Gasteiger partial charge on any atom is 0.333 e. The lowest BCUT2D eigenvalue weighted by molar-refractivity contribution is -0.160. The molecule has 0 amide bonds. The number of esters is 1. The van der Waals surface area contributed by atoms with Crippen LogP contribution in [-0.4, -0.2) is 33.1 Å². The van der Waals surface area contributed by atoms with Gasteiger partial charge in [0.25, 0.3) is 0 Å². The van der Waals surface area contributed by atoms with Crippen molar-refractivity contribution in [3.63, 3.8) is 0 Å². The molecule has 94 valence electrons. The first-order valence-electron chi connectivity index (χ1n) is 4.96. The van der Waals surface area contributed by atoms with Crippen LogP contribution in [0.4, 0.5) is 0 Å². The Morgan fingerprint density at radius 3 is 2.31 bits per heavy atom. The Morgan fingerprint density at radius 2 is 1.88 bits per heavy atom. The highest BCUT2D eigenvalue weighted by Gasteiger charge is 2.39. The number of carbonyl (C=O) groups is 1. The van der Waals surface area contributed by atoms with Crippen molar-refractivity contribution in [2.75, 3.05) is 13.2 Å². The summed E-state index contributed by atoms with van der Waals surface area (Å²) >= 11 is 0. The van der Waals surface area contributed by atoms with Crippen LogP contribution in [-0.2, 0) is 24.0 Å². The molecular formula is C8H16N2O5S. The molecule has 0 aliphatic heterocycles. The molecule has 0 saturated heterocycles. The van der Waals surface area contributed by atoms with Crippen LogP contribution in [0.5, 0.6) is 0 Å². The average Bonchev–Trinajstić information content (AvgIpc) is 2.63. The summed E-state index contributed by atoms with van der Waals surface area (Å²) in [6, 6.07) is 0. The minimum Gasteiger partial charge on any atom is -0.456 e. The van der Waals surface area contributed by atoms with Gasteiger partial charge in [0, 0.05) is 0 Å². The largest absolute Gasteiger partial charge is 0.456 e. The molecule has 7 nitrogen and oxygen atoms in total. The number of hydrogen-bond donors (Lipinski definition) is 2. The van der Waals surface area contributed by atoms with E-state index in [1.807, 2.05) is 0 Å². The zero-order valence-corrected chi connectivity index (χ0v) is 9.66. The molecule has 0 aromatic heterocycles. The third-order valence-electron chi connectivity index (χ3n) is 2.50. The fraction of sp³-hybridized carbons (Fsp3) is 0.875. The van der Waals surface area contributed by atoms with E-state index in [1.54, 1.807) is 0 Å². The quantitative estimate of drug-likeness (QED) is 0.606. The molecule has 0 heterocycles. The summed E-state index contributed by atoms with van der Waals surface area (Å²) < 4.78 is 31.0. The van der Waals surface area contributed by atoms with E-state index in [4.69, 9.17) is 15.6 Å². The van der Waals surface area contributed by atoms with Crippen LogP contribution < -0.4 is 10.9 Å². The average molecular weight is 252 g/mol. The summed E-state index contributed by atoms with van der Waals surface area (Å²) in [6.45, 7) is -0.477. The van der Waals surface area contributed by atoms with E-state index in [1.165, 1.54) is 0 Å². The molecule has 0 atom stereocenters. The molecule has 1 aliphatic rings. The second-order valence-electron chi connectivity index (χ2n) is 3.82. The van der Waals surface area contributed by atoms with Gasteiger partial charge in [-0.3, -0.25) is 8.98 Å². The first-order chi connectivity index (χ1) is 7.37. The Labute approximate surface area is 94.3 Å². The van der Waals surface area contributed by atoms with Crippen molar-refractivity contribution < 1.29 is 22.1 Å². The molecule has 0 aromatic rings. The molecule has 0 spiro atoms. The van der Waals surface area contributed by atoms with E-state index in [0.29, 0.717) is 12.8 Å². The number of carbonyl (C=O) groups excluding carboxylic acids is 1. The van der Waals surface area contributed by atoms with Gasteiger partial charge in [0.2, 0.25) is 0 Å². The molecule has 1 fully saturated rings. The fourth-order valence-corrected chi connectivity index (χ4v) is 2.15. The summed E-state index contributed by atoms with van der Waals surface area (Å²) in [5, 5.41) is 4.72. The molecule has 1 rings (SSSR count). The lowest BCUT2D eigenvalue weighted by atomic mass is 10.0. The molecule has 1 aliphatic carbocycles. The van der Waals surface area contributed by atoms with Crippen LogP contribution in [0, 0.1) is 0 Å². The van der Waals surface area contributed by atoms with Crippen LogP contribution in [0.15, 0.2) is 0 Å². The van der Waals surface area contributed by atoms with Gasteiger partial charge in [-0.25, -0.2) is 5.14 Å². The highest BCUT2D eigenvalue weighted by Crippen LogP contribution is 2.33. The number of nitrogens with two attached hydrogens (primary N) is 2. The van der Waals surface area contributed by atoms with Crippen LogP contribution in [0.25, 0.3) is 0 Å². The Kier molecular flexibility index (Phi) is 4.25. The predicted molar refractivity (Wildman–Crippen MR) is 55.4 cm³/mol. The van der Waals surface area contributed by atoms with E-state index in [9.17, 15) is 13.2 Å². The van der Waals surface area contributed by atoms with Gasteiger partial charge in [0.05, 0.1) is 6.54 Å². The standard InChI is InChI=1S/C8H16N2O5S/c9-5-7(11)15-8(3-1-2-4-8)6-14-16(10,12)13/h1-6,9H2,(H2,10,12,13). The molecule has 4 N–H and O–H groups in total. The Hall–Kier alpha value is -0.700. The maximum absolute atomic E-state index is 11.1. The summed E-state index contributed by atoms with van der Waals surface area (Å²) in [5.74, 6) is -0.570. The van der Waals surface area contributed by atoms with E-state index >= 15 is 0 Å². The van der Waals surface area contributed by atoms with Crippen LogP contribution in [0.2, 0.25) is 0 Å². The highest BCUT2D eigenvalue weighted by molar-refractivity contribution is 7.84. The van der Waals surface area contributed by atoms with Crippen LogP contribution in [0.1, 0.15) is 25.7 Å². The minimum absolute atomic E-state index is 0.239. The summed E-state index contributed by atoms with van der Waals surface area (Å²) in [7, 11) is -4.01. The smallest absolute Gasteiger partial charge is 0.333 e. The van der Waals surface area contributed by atoms with E-state index in [-0.39, 0.29) is 13.2 Å². The second-order valence-corrected chi connectivity index (χ2v) is 5.04. The fourth-order valence-electron chi connectivity index (χ4n) is 1.77. The van der Waals surface area contributed by atoms with Crippen molar-refractivity contribution in [3.05, 3.63) is 0 Å². The number of rotatable bonds is 5. The molecule has 0 aromatic carbocycles. The van der Waals surface area contributed by atoms with E-state index < -0.39 is 21.9 Å². The zero-order chi connectivity index (χ0) is 12.2. The van der Waals surface area contributed by atoms with Crippen LogP contribution in [0.3, 0.4) is 0 Å². The van der Waals surface area contributed by atoms with Crippen molar-refractivity contribution in [2.45, 2.75) is 31.3 Å². The van der Waals surface area contributed by atoms with Gasteiger partial charge in [-0.1, -0.05) is 0 Å². The third kappa shape index (κ3) is 4.05. The Bertz CT molecular complexity index is 347. The van der Waals surface area contributed by atoms with E-state index in [0.717, 1.165) is 12.8 Å². The summed E-state index contributed by atoms with van der Waals surface area (Å²) in [6.07, 6.45) is 2.83. The molecule has 0 bridgehead atoms. The zero-order valence-electron chi connectivity index (χ0n) is 8.85. The van der Waals surface area contributed by atoms with Crippen LogP contribution >= 0.6 is 0 Å². The molecule has 16 heavy (non-hydrogen) atoms. The SMILES string of the molecule is NCC(=O)OC1(COS(N)(=O)=O)CCCC1. The highest BCUT2D eigenvalue weighted by atomic mass is 32.2. The first-order valence-corrected chi connectivity index (χ1v) is 6.43. The lowest BCUT2D eigenvalue weighted by Crippen LogP contribution is -2.40. The second kappa shape index (κ2) is 5.09. The van der Waals surface area contributed by atoms with Crippen molar-refractivity contribution in [3.8, 4) is 0 Å². The normalized spacial score (nSPS) is 19.6. The Balaban J connectivity index is 2.62. The van der Waals surface area contributed by atoms with Gasteiger partial charge in [-0.2, -0.15) is 8.42 Å². The third-order valence-corrected chi connectivity index (χ3v) is 2.94. The lowest BCUT2D eigenvalue weighted by Gasteiger charge is -2.27. The van der Waals surface area contributed by atoms with Crippen molar-refractivity contribution in [1.82, 2.24) is 0 Å². The van der Waals surface area contributed by atoms with Gasteiger partial charge < -0.3 is 10.5 Å². The molecule has 1 saturated carbocycles. The van der Waals surface area contributed by atoms with Gasteiger partial charge in [0.15, 0.2) is 0 Å². The summed E-state index contributed by atoms with van der Waals surface area (Å²) in [5.41, 5.74) is 4.25. The summed E-state index contributed by atoms with van der Waals surface area (Å²) in [4.78, 5) is 11.1. The predicted octanol–water partition coefficient (Wildman–Crippen LogP) is -0.979. The topological polar surface area (TPSA) is 122 Å². The van der Waals surface area contributed by atoms with Crippen molar-refractivity contribution in [2.24, 2.45) is 10.9 Å². The Morgan fingerprint density at radius 1 is 1.31 bits per heavy atom. The van der Waals surface area contributed by atoms with E-state index in [2.05, 4.69) is 4.18 Å². The van der Waals surface area contributed by atoms with Gasteiger partial charge in [-0.15, -0.1) is 0 Å². The molecule has 8 heteroatoms. The van der Waals surface area contributed by atoms with Gasteiger partial charge in [-0.05, 0) is 25.7 Å². The maximum atomic E-state index is 11.1. The van der Waals surface area contributed by atoms with Crippen molar-refractivity contribution >= 4 is 16.3 Å². The first kappa shape index (κ1) is 13.4. The van der Waals surface area contributed by atoms with Gasteiger partial charge in [0.1, 0.15) is 12.2 Å². The van der Waals surface area contributed by atoms with Crippen molar-refractivity contribution in [1.29, 1.82) is 0 Å². The monoisotopic (exact) mass is 252 g/mol. The van der Waals surface area contributed by atoms with Gasteiger partial charge >= 0.3 is 16.3 Å².